The van der Waals surface area contributed by atoms with E-state index in [1.54, 1.807) is 0 Å². The third kappa shape index (κ3) is 3.92. The van der Waals surface area contributed by atoms with Gasteiger partial charge in [0.15, 0.2) is 0 Å². The molecular weight excluding hydrogens is 356 g/mol. The number of rotatable bonds is 6. The normalized spacial score (nSPS) is 23.2. The molecule has 3 rings (SSSR count). The van der Waals surface area contributed by atoms with Gasteiger partial charge in [-0.1, -0.05) is 19.1 Å². The largest absolute Gasteiger partial charge is 0.494 e. The van der Waals surface area contributed by atoms with E-state index in [4.69, 9.17) is 9.47 Å². The third-order valence-electron chi connectivity index (χ3n) is 4.96. The van der Waals surface area contributed by atoms with Gasteiger partial charge in [-0.15, -0.1) is 0 Å². The number of hydrogen-bond donors (Lipinski definition) is 0. The molecule has 0 N–H and O–H groups in total. The number of morpholine rings is 1. The van der Waals surface area contributed by atoms with Gasteiger partial charge in [-0.05, 0) is 51.8 Å². The number of hydrogen-bond acceptors (Lipinski definition) is 5. The summed E-state index contributed by atoms with van der Waals surface area (Å²) in [4.78, 5) is 29.8. The summed E-state index contributed by atoms with van der Waals surface area (Å²) in [6, 6.07) is 7.24. The second-order valence-electron chi connectivity index (χ2n) is 7.83. The van der Waals surface area contributed by atoms with E-state index in [1.165, 1.54) is 4.90 Å². The van der Waals surface area contributed by atoms with Crippen LogP contribution in [0.25, 0.3) is 5.57 Å². The van der Waals surface area contributed by atoms with Crippen molar-refractivity contribution in [1.29, 1.82) is 0 Å². The molecule has 1 saturated heterocycles. The fraction of sp³-hybridized carbons (Fsp3) is 0.545. The minimum absolute atomic E-state index is 0.00155. The molecule has 2 aliphatic heterocycles. The molecule has 0 spiro atoms. The highest BCUT2D eigenvalue weighted by Gasteiger charge is 2.44. The van der Waals surface area contributed by atoms with Crippen LogP contribution in [0.15, 0.2) is 30.0 Å². The lowest BCUT2D eigenvalue weighted by atomic mass is 10.0. The average molecular weight is 386 g/mol. The van der Waals surface area contributed by atoms with Crippen LogP contribution in [0.2, 0.25) is 0 Å². The van der Waals surface area contributed by atoms with Crippen LogP contribution in [0.5, 0.6) is 5.75 Å². The van der Waals surface area contributed by atoms with Crippen molar-refractivity contribution in [3.63, 3.8) is 0 Å². The Kier molecular flexibility index (Phi) is 6.08. The molecule has 28 heavy (non-hydrogen) atoms. The van der Waals surface area contributed by atoms with Gasteiger partial charge in [0.05, 0.1) is 24.4 Å². The lowest BCUT2D eigenvalue weighted by Gasteiger charge is -2.37. The zero-order valence-electron chi connectivity index (χ0n) is 17.4. The lowest BCUT2D eigenvalue weighted by Crippen LogP contribution is -2.47. The molecule has 2 unspecified atom stereocenters. The minimum Gasteiger partial charge on any atom is -0.494 e. The van der Waals surface area contributed by atoms with Crippen LogP contribution >= 0.6 is 0 Å². The van der Waals surface area contributed by atoms with E-state index in [2.05, 4.69) is 6.92 Å². The Morgan fingerprint density at radius 1 is 1.07 bits per heavy atom. The Morgan fingerprint density at radius 3 is 2.21 bits per heavy atom. The van der Waals surface area contributed by atoms with Crippen LogP contribution in [0.1, 0.15) is 46.6 Å². The van der Waals surface area contributed by atoms with E-state index >= 15 is 0 Å². The number of amides is 2. The van der Waals surface area contributed by atoms with E-state index in [0.717, 1.165) is 17.7 Å². The summed E-state index contributed by atoms with van der Waals surface area (Å²) in [6.45, 7) is 11.6. The maximum Gasteiger partial charge on any atom is 0.278 e. The molecule has 6 nitrogen and oxygen atoms in total. The number of nitrogens with zero attached hydrogens (tertiary/aromatic N) is 2. The van der Waals surface area contributed by atoms with Gasteiger partial charge < -0.3 is 14.4 Å². The number of carbonyl (C=O) groups excluding carboxylic acids is 2. The number of ether oxygens (including phenoxy) is 2. The molecule has 0 saturated carbocycles. The predicted molar refractivity (Wildman–Crippen MR) is 108 cm³/mol. The third-order valence-corrected chi connectivity index (χ3v) is 4.96. The van der Waals surface area contributed by atoms with E-state index < -0.39 is 0 Å². The summed E-state index contributed by atoms with van der Waals surface area (Å²) >= 11 is 0. The molecule has 2 heterocycles. The van der Waals surface area contributed by atoms with Gasteiger partial charge in [0.25, 0.3) is 11.8 Å². The van der Waals surface area contributed by atoms with E-state index in [0.29, 0.717) is 31.0 Å². The summed E-state index contributed by atoms with van der Waals surface area (Å²) in [5, 5.41) is 0. The topological polar surface area (TPSA) is 59.1 Å². The molecule has 0 bridgehead atoms. The van der Waals surface area contributed by atoms with E-state index in [1.807, 2.05) is 56.9 Å². The van der Waals surface area contributed by atoms with Gasteiger partial charge in [-0.3, -0.25) is 14.5 Å². The Hall–Kier alpha value is -2.34. The molecule has 1 aromatic carbocycles. The minimum atomic E-state index is -0.232. The van der Waals surface area contributed by atoms with Crippen molar-refractivity contribution in [1.82, 2.24) is 9.80 Å². The molecule has 1 aromatic rings. The summed E-state index contributed by atoms with van der Waals surface area (Å²) in [5.41, 5.74) is 1.71. The first-order valence-corrected chi connectivity index (χ1v) is 10.1. The van der Waals surface area contributed by atoms with Gasteiger partial charge in [-0.25, -0.2) is 0 Å². The molecule has 2 amide bonds. The SMILES string of the molecule is CCCOc1ccc(C2=C(N3CC(C)OC(C)C3)C(=O)N(C(C)C)C2=O)cc1. The van der Waals surface area contributed by atoms with Crippen LogP contribution in [0.4, 0.5) is 0 Å². The first-order valence-electron chi connectivity index (χ1n) is 10.1. The Morgan fingerprint density at radius 2 is 1.68 bits per heavy atom. The molecule has 0 aromatic heterocycles. The fourth-order valence-electron chi connectivity index (χ4n) is 3.86. The molecule has 152 valence electrons. The molecule has 6 heteroatoms. The van der Waals surface area contributed by atoms with Gasteiger partial charge in [-0.2, -0.15) is 0 Å². The molecule has 0 radical (unpaired) electrons. The highest BCUT2D eigenvalue weighted by atomic mass is 16.5. The predicted octanol–water partition coefficient (Wildman–Crippen LogP) is 3.07. The monoisotopic (exact) mass is 386 g/mol. The number of carbonyl (C=O) groups is 2. The fourth-order valence-corrected chi connectivity index (χ4v) is 3.86. The van der Waals surface area contributed by atoms with Gasteiger partial charge in [0.1, 0.15) is 11.4 Å². The van der Waals surface area contributed by atoms with Crippen LogP contribution in [0.3, 0.4) is 0 Å². The van der Waals surface area contributed by atoms with Crippen molar-refractivity contribution in [2.45, 2.75) is 59.3 Å². The van der Waals surface area contributed by atoms with Gasteiger partial charge >= 0.3 is 0 Å². The number of benzene rings is 1. The zero-order valence-corrected chi connectivity index (χ0v) is 17.4. The maximum absolute atomic E-state index is 13.2. The summed E-state index contributed by atoms with van der Waals surface area (Å²) in [5.74, 6) is 0.311. The van der Waals surface area contributed by atoms with Gasteiger partial charge in [0, 0.05) is 19.1 Å². The average Bonchev–Trinajstić information content (AvgIpc) is 2.90. The second-order valence-corrected chi connectivity index (χ2v) is 7.83. The Balaban J connectivity index is 2.02. The molecule has 0 aliphatic carbocycles. The lowest BCUT2D eigenvalue weighted by molar-refractivity contribution is -0.140. The smallest absolute Gasteiger partial charge is 0.278 e. The standard InChI is InChI=1S/C22H30N2O4/c1-6-11-27-18-9-7-17(8-10-18)19-20(22(26)24(14(2)3)21(19)25)23-12-15(4)28-16(5)13-23/h7-10,14-16H,6,11-13H2,1-5H3. The Labute approximate surface area is 167 Å². The summed E-state index contributed by atoms with van der Waals surface area (Å²) < 4.78 is 11.5. The van der Waals surface area contributed by atoms with Crippen LogP contribution in [-0.2, 0) is 14.3 Å². The quantitative estimate of drug-likeness (QED) is 0.703. The summed E-state index contributed by atoms with van der Waals surface area (Å²) in [7, 11) is 0. The first kappa shape index (κ1) is 20.4. The number of imide groups is 1. The molecule has 2 aliphatic rings. The van der Waals surface area contributed by atoms with Crippen molar-refractivity contribution in [2.75, 3.05) is 19.7 Å². The van der Waals surface area contributed by atoms with Crippen LogP contribution in [-0.4, -0.2) is 59.6 Å². The first-order chi connectivity index (χ1) is 13.3. The molecular formula is C22H30N2O4. The Bertz CT molecular complexity index is 759. The second kappa shape index (κ2) is 8.35. The van der Waals surface area contributed by atoms with Crippen LogP contribution < -0.4 is 4.74 Å². The molecule has 2 atom stereocenters. The van der Waals surface area contributed by atoms with E-state index in [9.17, 15) is 9.59 Å². The summed E-state index contributed by atoms with van der Waals surface area (Å²) in [6.07, 6.45) is 0.928. The van der Waals surface area contributed by atoms with Crippen molar-refractivity contribution in [3.05, 3.63) is 35.5 Å². The highest BCUT2D eigenvalue weighted by molar-refractivity contribution is 6.35. The van der Waals surface area contributed by atoms with Gasteiger partial charge in [0.2, 0.25) is 0 Å². The maximum atomic E-state index is 13.2. The van der Waals surface area contributed by atoms with Crippen molar-refractivity contribution in [2.24, 2.45) is 0 Å². The highest BCUT2D eigenvalue weighted by Crippen LogP contribution is 2.34. The van der Waals surface area contributed by atoms with E-state index in [-0.39, 0.29) is 30.1 Å². The van der Waals surface area contributed by atoms with Crippen LogP contribution in [0, 0.1) is 0 Å². The van der Waals surface area contributed by atoms with Crippen molar-refractivity contribution < 1.29 is 19.1 Å². The zero-order chi connectivity index (χ0) is 20.4. The van der Waals surface area contributed by atoms with Crippen molar-refractivity contribution in [3.8, 4) is 5.75 Å². The van der Waals surface area contributed by atoms with Crippen molar-refractivity contribution >= 4 is 17.4 Å². The molecule has 1 fully saturated rings.